The molecule has 3 nitrogen and oxygen atoms in total. The van der Waals surface area contributed by atoms with Crippen LogP contribution < -0.4 is 10.2 Å². The molecule has 2 rings (SSSR count). The van der Waals surface area contributed by atoms with Crippen LogP contribution in [-0.4, -0.2) is 26.0 Å². The second-order valence-corrected chi connectivity index (χ2v) is 6.90. The SMILES string of the molecule is CC(C(=O)N(C)c1ccc(C(C)(C)C)cc1)C1CNC1. The van der Waals surface area contributed by atoms with Gasteiger partial charge in [-0.05, 0) is 42.1 Å². The molecule has 1 aromatic carbocycles. The van der Waals surface area contributed by atoms with Crippen LogP contribution in [0.25, 0.3) is 0 Å². The zero-order chi connectivity index (χ0) is 14.9. The van der Waals surface area contributed by atoms with Crippen LogP contribution >= 0.6 is 0 Å². The summed E-state index contributed by atoms with van der Waals surface area (Å²) < 4.78 is 0. The van der Waals surface area contributed by atoms with Crippen molar-refractivity contribution in [2.24, 2.45) is 11.8 Å². The first-order valence-electron chi connectivity index (χ1n) is 7.39. The molecule has 1 N–H and O–H groups in total. The lowest BCUT2D eigenvalue weighted by Crippen LogP contribution is -2.50. The van der Waals surface area contributed by atoms with Crippen molar-refractivity contribution in [1.82, 2.24) is 5.32 Å². The highest BCUT2D eigenvalue weighted by molar-refractivity contribution is 5.94. The van der Waals surface area contributed by atoms with Crippen molar-refractivity contribution in [2.75, 3.05) is 25.0 Å². The molecule has 1 heterocycles. The van der Waals surface area contributed by atoms with Crippen LogP contribution in [0.15, 0.2) is 24.3 Å². The average molecular weight is 274 g/mol. The fraction of sp³-hybridized carbons (Fsp3) is 0.588. The standard InChI is InChI=1S/C17H26N2O/c1-12(13-10-18-11-13)16(20)19(5)15-8-6-14(7-9-15)17(2,3)4/h6-9,12-13,18H,10-11H2,1-5H3. The summed E-state index contributed by atoms with van der Waals surface area (Å²) in [5, 5.41) is 3.23. The molecular weight excluding hydrogens is 248 g/mol. The first kappa shape index (κ1) is 15.0. The molecule has 0 bridgehead atoms. The van der Waals surface area contributed by atoms with Crippen LogP contribution in [0.1, 0.15) is 33.3 Å². The van der Waals surface area contributed by atoms with E-state index in [1.165, 1.54) is 5.56 Å². The fourth-order valence-electron chi connectivity index (χ4n) is 2.48. The second kappa shape index (κ2) is 5.57. The van der Waals surface area contributed by atoms with E-state index in [2.05, 4.69) is 38.2 Å². The molecule has 0 saturated carbocycles. The van der Waals surface area contributed by atoms with Gasteiger partial charge in [-0.25, -0.2) is 0 Å². The van der Waals surface area contributed by atoms with E-state index < -0.39 is 0 Å². The molecule has 1 atom stereocenters. The lowest BCUT2D eigenvalue weighted by molar-refractivity contribution is -0.123. The van der Waals surface area contributed by atoms with Crippen LogP contribution in [0.3, 0.4) is 0 Å². The van der Waals surface area contributed by atoms with Crippen molar-refractivity contribution in [3.63, 3.8) is 0 Å². The number of nitrogens with one attached hydrogen (secondary N) is 1. The van der Waals surface area contributed by atoms with Crippen molar-refractivity contribution in [2.45, 2.75) is 33.1 Å². The first-order chi connectivity index (χ1) is 9.30. The lowest BCUT2D eigenvalue weighted by atomic mass is 9.86. The number of anilines is 1. The molecule has 1 aromatic rings. The van der Waals surface area contributed by atoms with E-state index in [0.717, 1.165) is 18.8 Å². The number of carbonyl (C=O) groups excluding carboxylic acids is 1. The van der Waals surface area contributed by atoms with Gasteiger partial charge in [-0.15, -0.1) is 0 Å². The molecule has 110 valence electrons. The Bertz CT molecular complexity index is 469. The Morgan fingerprint density at radius 3 is 2.20 bits per heavy atom. The maximum absolute atomic E-state index is 12.5. The summed E-state index contributed by atoms with van der Waals surface area (Å²) in [6.07, 6.45) is 0. The molecule has 0 aromatic heterocycles. The quantitative estimate of drug-likeness (QED) is 0.919. The van der Waals surface area contributed by atoms with E-state index in [0.29, 0.717) is 5.92 Å². The van der Waals surface area contributed by atoms with E-state index in [9.17, 15) is 4.79 Å². The summed E-state index contributed by atoms with van der Waals surface area (Å²) in [6, 6.07) is 8.33. The molecule has 0 spiro atoms. The normalized spacial score (nSPS) is 17.4. The van der Waals surface area contributed by atoms with Gasteiger partial charge in [0.1, 0.15) is 0 Å². The lowest BCUT2D eigenvalue weighted by Gasteiger charge is -2.34. The highest BCUT2D eigenvalue weighted by Crippen LogP contribution is 2.26. The third kappa shape index (κ3) is 3.04. The van der Waals surface area contributed by atoms with Crippen LogP contribution in [0.2, 0.25) is 0 Å². The largest absolute Gasteiger partial charge is 0.316 e. The molecule has 20 heavy (non-hydrogen) atoms. The topological polar surface area (TPSA) is 32.3 Å². The molecule has 1 amide bonds. The third-order valence-corrected chi connectivity index (χ3v) is 4.36. The van der Waals surface area contributed by atoms with E-state index >= 15 is 0 Å². The third-order valence-electron chi connectivity index (χ3n) is 4.36. The summed E-state index contributed by atoms with van der Waals surface area (Å²) in [7, 11) is 1.87. The maximum Gasteiger partial charge on any atom is 0.229 e. The first-order valence-corrected chi connectivity index (χ1v) is 7.39. The highest BCUT2D eigenvalue weighted by atomic mass is 16.2. The second-order valence-electron chi connectivity index (χ2n) is 6.90. The van der Waals surface area contributed by atoms with Gasteiger partial charge in [0.15, 0.2) is 0 Å². The van der Waals surface area contributed by atoms with Crippen molar-refractivity contribution in [1.29, 1.82) is 0 Å². The van der Waals surface area contributed by atoms with Gasteiger partial charge < -0.3 is 10.2 Å². The van der Waals surface area contributed by atoms with Crippen molar-refractivity contribution in [3.8, 4) is 0 Å². The molecule has 3 heteroatoms. The zero-order valence-electron chi connectivity index (χ0n) is 13.2. The number of benzene rings is 1. The zero-order valence-corrected chi connectivity index (χ0v) is 13.2. The Morgan fingerprint density at radius 2 is 1.80 bits per heavy atom. The van der Waals surface area contributed by atoms with E-state index in [1.807, 2.05) is 26.1 Å². The minimum Gasteiger partial charge on any atom is -0.316 e. The number of hydrogen-bond acceptors (Lipinski definition) is 2. The predicted octanol–water partition coefficient (Wildman–Crippen LogP) is 2.80. The van der Waals surface area contributed by atoms with E-state index in [-0.39, 0.29) is 17.2 Å². The van der Waals surface area contributed by atoms with Gasteiger partial charge in [-0.1, -0.05) is 39.8 Å². The predicted molar refractivity (Wildman–Crippen MR) is 84.1 cm³/mol. The van der Waals surface area contributed by atoms with E-state index in [4.69, 9.17) is 0 Å². The van der Waals surface area contributed by atoms with Gasteiger partial charge in [-0.3, -0.25) is 4.79 Å². The monoisotopic (exact) mass is 274 g/mol. The van der Waals surface area contributed by atoms with Crippen LogP contribution in [-0.2, 0) is 10.2 Å². The fourth-order valence-corrected chi connectivity index (χ4v) is 2.48. The average Bonchev–Trinajstić information content (AvgIpc) is 2.34. The van der Waals surface area contributed by atoms with Crippen molar-refractivity contribution >= 4 is 11.6 Å². The summed E-state index contributed by atoms with van der Waals surface area (Å²) in [4.78, 5) is 14.2. The molecular formula is C17H26N2O. The number of nitrogens with zero attached hydrogens (tertiary/aromatic N) is 1. The summed E-state index contributed by atoms with van der Waals surface area (Å²) in [6.45, 7) is 10.6. The van der Waals surface area contributed by atoms with E-state index in [1.54, 1.807) is 4.90 Å². The maximum atomic E-state index is 12.5. The van der Waals surface area contributed by atoms with Crippen molar-refractivity contribution < 1.29 is 4.79 Å². The number of carbonyl (C=O) groups is 1. The summed E-state index contributed by atoms with van der Waals surface area (Å²) in [5.41, 5.74) is 2.41. The van der Waals surface area contributed by atoms with Gasteiger partial charge in [0.2, 0.25) is 5.91 Å². The summed E-state index contributed by atoms with van der Waals surface area (Å²) in [5.74, 6) is 0.780. The molecule has 1 unspecified atom stereocenters. The number of amides is 1. The molecule has 1 aliphatic rings. The highest BCUT2D eigenvalue weighted by Gasteiger charge is 2.30. The van der Waals surface area contributed by atoms with Crippen LogP contribution in [0.4, 0.5) is 5.69 Å². The Morgan fingerprint density at radius 1 is 1.25 bits per heavy atom. The molecule has 1 saturated heterocycles. The Kier molecular flexibility index (Phi) is 4.19. The molecule has 0 aliphatic carbocycles. The number of rotatable bonds is 3. The smallest absolute Gasteiger partial charge is 0.229 e. The Labute approximate surface area is 122 Å². The minimum absolute atomic E-state index is 0.0866. The Hall–Kier alpha value is -1.35. The van der Waals surface area contributed by atoms with Gasteiger partial charge in [0.05, 0.1) is 0 Å². The molecule has 1 aliphatic heterocycles. The van der Waals surface area contributed by atoms with Crippen molar-refractivity contribution in [3.05, 3.63) is 29.8 Å². The van der Waals surface area contributed by atoms with Crippen LogP contribution in [0.5, 0.6) is 0 Å². The van der Waals surface area contributed by atoms with Crippen LogP contribution in [0, 0.1) is 11.8 Å². The van der Waals surface area contributed by atoms with Gasteiger partial charge >= 0.3 is 0 Å². The van der Waals surface area contributed by atoms with Gasteiger partial charge in [0.25, 0.3) is 0 Å². The molecule has 0 radical (unpaired) electrons. The van der Waals surface area contributed by atoms with Gasteiger partial charge in [-0.2, -0.15) is 0 Å². The Balaban J connectivity index is 2.08. The summed E-state index contributed by atoms with van der Waals surface area (Å²) >= 11 is 0. The number of hydrogen-bond donors (Lipinski definition) is 1. The minimum atomic E-state index is 0.0866. The molecule has 1 fully saturated rings. The van der Waals surface area contributed by atoms with Gasteiger partial charge in [0, 0.05) is 18.7 Å².